The lowest BCUT2D eigenvalue weighted by Gasteiger charge is -2.22. The van der Waals surface area contributed by atoms with Gasteiger partial charge in [-0.05, 0) is 19.4 Å². The molecule has 6 nitrogen and oxygen atoms in total. The Hall–Kier alpha value is -1.05. The van der Waals surface area contributed by atoms with E-state index in [-0.39, 0.29) is 0 Å². The summed E-state index contributed by atoms with van der Waals surface area (Å²) in [6, 6.07) is 1.70. The largest absolute Gasteiger partial charge is 0.387 e. The quantitative estimate of drug-likeness (QED) is 0.340. The molecule has 0 saturated carbocycles. The van der Waals surface area contributed by atoms with Crippen molar-refractivity contribution < 1.29 is 5.11 Å². The summed E-state index contributed by atoms with van der Waals surface area (Å²) in [5.74, 6) is 2.13. The molecule has 1 unspecified atom stereocenters. The Kier molecular flexibility index (Phi) is 5.45. The van der Waals surface area contributed by atoms with Crippen molar-refractivity contribution in [2.24, 2.45) is 0 Å². The Morgan fingerprint density at radius 3 is 3.10 bits per heavy atom. The Balaban J connectivity index is 1.93. The summed E-state index contributed by atoms with van der Waals surface area (Å²) in [5, 5.41) is 17.3. The molecule has 1 aromatic rings. The van der Waals surface area contributed by atoms with E-state index >= 15 is 0 Å². The minimum atomic E-state index is -0.699. The fourth-order valence-corrected chi connectivity index (χ4v) is 2.99. The number of thioether (sulfide) groups is 1. The minimum Gasteiger partial charge on any atom is -0.387 e. The first-order valence-corrected chi connectivity index (χ1v) is 8.04. The number of hydrogen-bond acceptors (Lipinski definition) is 7. The molecule has 1 aliphatic heterocycles. The summed E-state index contributed by atoms with van der Waals surface area (Å²) in [5.41, 5.74) is 5.10. The third kappa shape index (κ3) is 4.50. The van der Waals surface area contributed by atoms with Crippen LogP contribution in [0, 0.1) is 0 Å². The highest BCUT2D eigenvalue weighted by Gasteiger charge is 2.30. The molecule has 0 radical (unpaired) electrons. The van der Waals surface area contributed by atoms with Gasteiger partial charge in [0.25, 0.3) is 0 Å². The molecular weight excluding hydrogens is 274 g/mol. The monoisotopic (exact) mass is 297 g/mol. The predicted molar refractivity (Wildman–Crippen MR) is 83.0 cm³/mol. The number of nitrogens with two attached hydrogens (primary N) is 1. The number of nitrogen functional groups attached to an aromatic ring is 1. The number of aromatic nitrogens is 2. The molecule has 0 bridgehead atoms. The molecule has 2 heterocycles. The van der Waals surface area contributed by atoms with Crippen molar-refractivity contribution in [2.45, 2.75) is 36.9 Å². The molecule has 1 saturated heterocycles. The number of nitrogens with one attached hydrogen (secondary N) is 2. The van der Waals surface area contributed by atoms with Gasteiger partial charge in [-0.25, -0.2) is 9.97 Å². The van der Waals surface area contributed by atoms with E-state index in [9.17, 15) is 5.11 Å². The molecule has 0 spiro atoms. The van der Waals surface area contributed by atoms with E-state index in [1.54, 1.807) is 17.8 Å². The van der Waals surface area contributed by atoms with E-state index in [0.29, 0.717) is 29.9 Å². The van der Waals surface area contributed by atoms with Crippen LogP contribution in [0.4, 0.5) is 11.6 Å². The first-order chi connectivity index (χ1) is 9.61. The van der Waals surface area contributed by atoms with Crippen molar-refractivity contribution >= 4 is 23.4 Å². The lowest BCUT2D eigenvalue weighted by Crippen LogP contribution is -2.39. The normalized spacial score (nSPS) is 22.1. The molecular formula is C13H23N5OS. The molecule has 112 valence electrons. The smallest absolute Gasteiger partial charge is 0.191 e. The summed E-state index contributed by atoms with van der Waals surface area (Å²) in [6.07, 6.45) is 3.04. The van der Waals surface area contributed by atoms with Gasteiger partial charge < -0.3 is 21.5 Å². The van der Waals surface area contributed by atoms with Crippen LogP contribution in [-0.4, -0.2) is 46.1 Å². The van der Waals surface area contributed by atoms with Crippen LogP contribution in [0.2, 0.25) is 0 Å². The molecule has 0 aliphatic carbocycles. The minimum absolute atomic E-state index is 0.457. The Labute approximate surface area is 124 Å². The Morgan fingerprint density at radius 2 is 2.40 bits per heavy atom. The van der Waals surface area contributed by atoms with Crippen molar-refractivity contribution in [1.82, 2.24) is 15.3 Å². The lowest BCUT2D eigenvalue weighted by atomic mass is 10.0. The van der Waals surface area contributed by atoms with Gasteiger partial charge in [-0.15, -0.1) is 0 Å². The van der Waals surface area contributed by atoms with Gasteiger partial charge >= 0.3 is 0 Å². The maximum Gasteiger partial charge on any atom is 0.191 e. The second kappa shape index (κ2) is 7.10. The highest BCUT2D eigenvalue weighted by Crippen LogP contribution is 2.20. The summed E-state index contributed by atoms with van der Waals surface area (Å²) in [7, 11) is 0. The van der Waals surface area contributed by atoms with Crippen molar-refractivity contribution in [3.63, 3.8) is 0 Å². The maximum absolute atomic E-state index is 10.3. The summed E-state index contributed by atoms with van der Waals surface area (Å²) in [6.45, 7) is 4.08. The average Bonchev–Trinajstić information content (AvgIpc) is 2.84. The van der Waals surface area contributed by atoms with Crippen molar-refractivity contribution in [2.75, 3.05) is 36.4 Å². The number of aliphatic hydroxyl groups is 1. The van der Waals surface area contributed by atoms with E-state index in [2.05, 4.69) is 27.5 Å². The zero-order valence-corrected chi connectivity index (χ0v) is 12.7. The SMILES string of the molecule is CCCCSc1nc(N)cc(NCC2(O)CCNC2)n1. The summed E-state index contributed by atoms with van der Waals surface area (Å²) in [4.78, 5) is 8.64. The molecule has 2 rings (SSSR count). The van der Waals surface area contributed by atoms with Crippen LogP contribution in [-0.2, 0) is 0 Å². The number of nitrogens with zero attached hydrogens (tertiary/aromatic N) is 2. The second-order valence-corrected chi connectivity index (χ2v) is 6.23. The van der Waals surface area contributed by atoms with Gasteiger partial charge in [0.15, 0.2) is 5.16 Å². The molecule has 1 atom stereocenters. The van der Waals surface area contributed by atoms with Crippen LogP contribution >= 0.6 is 11.8 Å². The van der Waals surface area contributed by atoms with E-state index < -0.39 is 5.60 Å². The predicted octanol–water partition coefficient (Wildman–Crippen LogP) is 1.09. The van der Waals surface area contributed by atoms with Crippen molar-refractivity contribution in [3.8, 4) is 0 Å². The van der Waals surface area contributed by atoms with Crippen LogP contribution in [0.5, 0.6) is 0 Å². The molecule has 0 amide bonds. The van der Waals surface area contributed by atoms with Crippen molar-refractivity contribution in [1.29, 1.82) is 0 Å². The lowest BCUT2D eigenvalue weighted by molar-refractivity contribution is 0.0751. The zero-order valence-electron chi connectivity index (χ0n) is 11.9. The van der Waals surface area contributed by atoms with Crippen LogP contribution in [0.15, 0.2) is 11.2 Å². The van der Waals surface area contributed by atoms with Gasteiger partial charge in [-0.1, -0.05) is 25.1 Å². The van der Waals surface area contributed by atoms with Crippen LogP contribution in [0.1, 0.15) is 26.2 Å². The van der Waals surface area contributed by atoms with E-state index in [1.807, 2.05) is 0 Å². The van der Waals surface area contributed by atoms with Gasteiger partial charge in [-0.2, -0.15) is 0 Å². The van der Waals surface area contributed by atoms with Crippen LogP contribution in [0.25, 0.3) is 0 Å². The van der Waals surface area contributed by atoms with Crippen molar-refractivity contribution in [3.05, 3.63) is 6.07 Å². The van der Waals surface area contributed by atoms with Gasteiger partial charge in [0, 0.05) is 24.9 Å². The summed E-state index contributed by atoms with van der Waals surface area (Å²) >= 11 is 1.61. The fraction of sp³-hybridized carbons (Fsp3) is 0.692. The van der Waals surface area contributed by atoms with E-state index in [1.165, 1.54) is 0 Å². The fourth-order valence-electron chi connectivity index (χ4n) is 2.04. The van der Waals surface area contributed by atoms with E-state index in [0.717, 1.165) is 31.6 Å². The van der Waals surface area contributed by atoms with Gasteiger partial charge in [0.2, 0.25) is 0 Å². The topological polar surface area (TPSA) is 96.1 Å². The standard InChI is InChI=1S/C13H23N5OS/c1-2-3-6-20-12-17-10(14)7-11(18-12)16-9-13(19)4-5-15-8-13/h7,15,19H,2-6,8-9H2,1H3,(H3,14,16,17,18). The third-order valence-electron chi connectivity index (χ3n) is 3.27. The average molecular weight is 297 g/mol. The number of hydrogen-bond donors (Lipinski definition) is 4. The maximum atomic E-state index is 10.3. The molecule has 1 fully saturated rings. The Bertz CT molecular complexity index is 437. The summed E-state index contributed by atoms with van der Waals surface area (Å²) < 4.78 is 0. The van der Waals surface area contributed by atoms with Gasteiger partial charge in [-0.3, -0.25) is 0 Å². The molecule has 0 aromatic carbocycles. The zero-order chi connectivity index (χ0) is 14.4. The van der Waals surface area contributed by atoms with E-state index in [4.69, 9.17) is 5.73 Å². The number of rotatable bonds is 7. The van der Waals surface area contributed by atoms with Crippen LogP contribution in [0.3, 0.4) is 0 Å². The van der Waals surface area contributed by atoms with Crippen LogP contribution < -0.4 is 16.4 Å². The molecule has 1 aliphatic rings. The molecule has 5 N–H and O–H groups in total. The Morgan fingerprint density at radius 1 is 1.55 bits per heavy atom. The molecule has 7 heteroatoms. The first kappa shape index (κ1) is 15.3. The molecule has 20 heavy (non-hydrogen) atoms. The third-order valence-corrected chi connectivity index (χ3v) is 4.21. The molecule has 1 aromatic heterocycles. The highest BCUT2D eigenvalue weighted by molar-refractivity contribution is 7.99. The number of unbranched alkanes of at least 4 members (excludes halogenated alkanes) is 1. The van der Waals surface area contributed by atoms with Gasteiger partial charge in [0.1, 0.15) is 11.6 Å². The number of anilines is 2. The highest BCUT2D eigenvalue weighted by atomic mass is 32.2. The second-order valence-electron chi connectivity index (χ2n) is 5.17. The number of β-amino-alcohol motifs (C(OH)–C–C–N with tert-alkyl or cyclic N) is 1. The first-order valence-electron chi connectivity index (χ1n) is 7.06. The van der Waals surface area contributed by atoms with Gasteiger partial charge in [0.05, 0.1) is 5.60 Å².